The van der Waals surface area contributed by atoms with E-state index in [0.717, 1.165) is 6.07 Å². The monoisotopic (exact) mass is 582 g/mol. The average Bonchev–Trinajstić information content (AvgIpc) is 3.33. The Hall–Kier alpha value is -5.07. The maximum atomic E-state index is 14.1. The quantitative estimate of drug-likeness (QED) is 0.205. The van der Waals surface area contributed by atoms with Gasteiger partial charge in [0.2, 0.25) is 5.75 Å². The highest BCUT2D eigenvalue weighted by atomic mass is 19.4. The lowest BCUT2D eigenvalue weighted by atomic mass is 9.92. The Morgan fingerprint density at radius 1 is 1.10 bits per heavy atom. The van der Waals surface area contributed by atoms with Gasteiger partial charge in [-0.15, -0.1) is 0 Å². The van der Waals surface area contributed by atoms with Crippen molar-refractivity contribution in [3.63, 3.8) is 0 Å². The summed E-state index contributed by atoms with van der Waals surface area (Å²) in [6, 6.07) is 12.3. The van der Waals surface area contributed by atoms with E-state index in [1.807, 2.05) is 20.8 Å². The third kappa shape index (κ3) is 6.14. The number of hydrogen-bond donors (Lipinski definition) is 3. The summed E-state index contributed by atoms with van der Waals surface area (Å²) in [5, 5.41) is 12.7. The van der Waals surface area contributed by atoms with E-state index in [0.29, 0.717) is 17.2 Å². The SMILES string of the molecule is C=C(Nc1ccc(Oc2ccnc3c2OCC(=O)N3)cc1C(F)(F)F)Nc1cc(C(C)(C)C)nn1-c1cccc(F)c1. The number of pyridine rings is 1. The first-order chi connectivity index (χ1) is 19.8. The van der Waals surface area contributed by atoms with Gasteiger partial charge in [-0.2, -0.15) is 18.3 Å². The third-order valence-corrected chi connectivity index (χ3v) is 6.09. The number of nitrogens with one attached hydrogen (secondary N) is 3. The molecule has 1 aliphatic rings. The lowest BCUT2D eigenvalue weighted by molar-refractivity contribution is -0.137. The van der Waals surface area contributed by atoms with E-state index in [1.54, 1.807) is 12.1 Å². The third-order valence-electron chi connectivity index (χ3n) is 6.09. The number of halogens is 4. The lowest BCUT2D eigenvalue weighted by Crippen LogP contribution is -2.26. The van der Waals surface area contributed by atoms with Crippen molar-refractivity contribution in [2.24, 2.45) is 0 Å². The molecular weight excluding hydrogens is 556 g/mol. The van der Waals surface area contributed by atoms with Crippen molar-refractivity contribution in [1.82, 2.24) is 14.8 Å². The van der Waals surface area contributed by atoms with E-state index in [2.05, 4.69) is 32.6 Å². The van der Waals surface area contributed by atoms with Gasteiger partial charge in [0.15, 0.2) is 18.2 Å². The van der Waals surface area contributed by atoms with Crippen LogP contribution in [0, 0.1) is 5.82 Å². The molecule has 2 aromatic heterocycles. The molecule has 0 saturated carbocycles. The number of alkyl halides is 3. The Balaban J connectivity index is 1.41. The molecule has 9 nitrogen and oxygen atoms in total. The van der Waals surface area contributed by atoms with Crippen molar-refractivity contribution in [2.45, 2.75) is 32.4 Å². The van der Waals surface area contributed by atoms with Crippen molar-refractivity contribution in [3.05, 3.63) is 90.3 Å². The molecule has 3 heterocycles. The summed E-state index contributed by atoms with van der Waals surface area (Å²) in [6.07, 6.45) is -3.42. The molecule has 4 aromatic rings. The van der Waals surface area contributed by atoms with Crippen LogP contribution in [0.4, 0.5) is 34.9 Å². The van der Waals surface area contributed by atoms with E-state index in [1.165, 1.54) is 47.3 Å². The van der Waals surface area contributed by atoms with Gasteiger partial charge in [0.1, 0.15) is 23.2 Å². The van der Waals surface area contributed by atoms with Crippen LogP contribution < -0.4 is 25.4 Å². The molecule has 1 amide bonds. The van der Waals surface area contributed by atoms with Crippen LogP contribution in [-0.2, 0) is 16.4 Å². The lowest BCUT2D eigenvalue weighted by Gasteiger charge is -2.21. The van der Waals surface area contributed by atoms with Gasteiger partial charge in [-0.1, -0.05) is 33.4 Å². The molecule has 13 heteroatoms. The van der Waals surface area contributed by atoms with Crippen molar-refractivity contribution in [2.75, 3.05) is 22.6 Å². The van der Waals surface area contributed by atoms with Gasteiger partial charge < -0.3 is 25.4 Å². The maximum Gasteiger partial charge on any atom is 0.418 e. The first-order valence-corrected chi connectivity index (χ1v) is 12.7. The zero-order valence-corrected chi connectivity index (χ0v) is 22.8. The van der Waals surface area contributed by atoms with Crippen molar-refractivity contribution in [3.8, 4) is 22.9 Å². The Labute approximate surface area is 238 Å². The van der Waals surface area contributed by atoms with Gasteiger partial charge in [0.25, 0.3) is 5.91 Å². The number of rotatable bonds is 7. The molecule has 2 aromatic carbocycles. The van der Waals surface area contributed by atoms with Crippen LogP contribution in [0.5, 0.6) is 17.2 Å². The molecular formula is C29H26F4N6O3. The topological polar surface area (TPSA) is 102 Å². The fourth-order valence-corrected chi connectivity index (χ4v) is 4.09. The predicted molar refractivity (Wildman–Crippen MR) is 148 cm³/mol. The first-order valence-electron chi connectivity index (χ1n) is 12.7. The average molecular weight is 583 g/mol. The second kappa shape index (κ2) is 10.7. The number of anilines is 3. The maximum absolute atomic E-state index is 14.1. The van der Waals surface area contributed by atoms with Crippen LogP contribution >= 0.6 is 0 Å². The van der Waals surface area contributed by atoms with Crippen LogP contribution in [0.1, 0.15) is 32.0 Å². The summed E-state index contributed by atoms with van der Waals surface area (Å²) in [5.41, 5.74) is -0.593. The molecule has 1 aliphatic heterocycles. The highest BCUT2D eigenvalue weighted by Crippen LogP contribution is 2.42. The fourth-order valence-electron chi connectivity index (χ4n) is 4.09. The van der Waals surface area contributed by atoms with Gasteiger partial charge in [-0.3, -0.25) is 4.79 Å². The molecule has 0 saturated heterocycles. The molecule has 0 aliphatic carbocycles. The molecule has 0 bridgehead atoms. The van der Waals surface area contributed by atoms with E-state index in [9.17, 15) is 22.4 Å². The van der Waals surface area contributed by atoms with E-state index in [4.69, 9.17) is 9.47 Å². The number of carbonyl (C=O) groups is 1. The second-order valence-electron chi connectivity index (χ2n) is 10.4. The zero-order chi connectivity index (χ0) is 30.2. The van der Waals surface area contributed by atoms with E-state index in [-0.39, 0.29) is 46.6 Å². The van der Waals surface area contributed by atoms with Crippen LogP contribution in [-0.4, -0.2) is 27.3 Å². The standard InChI is InChI=1S/C29H26F4N6O3/c1-16(36-24-14-23(28(2,3)4)38-39(24)18-7-5-6-17(30)12-18)35-21-9-8-19(13-20(21)29(31,32)33)42-22-10-11-34-27-26(22)41-15-25(40)37-27/h5-14,35-36H,1,15H2,2-4H3,(H,34,37,40). The van der Waals surface area contributed by atoms with Gasteiger partial charge in [-0.25, -0.2) is 14.1 Å². The number of carbonyl (C=O) groups excluding carboxylic acids is 1. The number of fused-ring (bicyclic) bond motifs is 1. The minimum atomic E-state index is -4.76. The largest absolute Gasteiger partial charge is 0.476 e. The molecule has 0 spiro atoms. The van der Waals surface area contributed by atoms with Gasteiger partial charge in [-0.05, 0) is 36.4 Å². The van der Waals surface area contributed by atoms with Crippen LogP contribution in [0.3, 0.4) is 0 Å². The first kappa shape index (κ1) is 28.5. The summed E-state index contributed by atoms with van der Waals surface area (Å²) >= 11 is 0. The summed E-state index contributed by atoms with van der Waals surface area (Å²) in [5.74, 6) is -0.332. The molecule has 218 valence electrons. The Morgan fingerprint density at radius 2 is 1.88 bits per heavy atom. The molecule has 0 atom stereocenters. The highest BCUT2D eigenvalue weighted by molar-refractivity contribution is 5.94. The minimum Gasteiger partial charge on any atom is -0.476 e. The van der Waals surface area contributed by atoms with Crippen LogP contribution in [0.2, 0.25) is 0 Å². The zero-order valence-electron chi connectivity index (χ0n) is 22.8. The molecule has 0 unspecified atom stereocenters. The molecule has 5 rings (SSSR count). The van der Waals surface area contributed by atoms with Crippen molar-refractivity contribution in [1.29, 1.82) is 0 Å². The Bertz CT molecular complexity index is 1680. The summed E-state index contributed by atoms with van der Waals surface area (Å²) in [7, 11) is 0. The van der Waals surface area contributed by atoms with E-state index < -0.39 is 23.5 Å². The minimum absolute atomic E-state index is 0.0134. The molecule has 0 fully saturated rings. The smallest absolute Gasteiger partial charge is 0.418 e. The predicted octanol–water partition coefficient (Wildman–Crippen LogP) is 6.84. The van der Waals surface area contributed by atoms with Gasteiger partial charge >= 0.3 is 6.18 Å². The normalized spacial score (nSPS) is 13.1. The number of hydrogen-bond acceptors (Lipinski definition) is 7. The Kier molecular flexibility index (Phi) is 7.27. The van der Waals surface area contributed by atoms with Crippen molar-refractivity contribution < 1.29 is 31.8 Å². The van der Waals surface area contributed by atoms with Gasteiger partial charge in [0, 0.05) is 23.7 Å². The molecule has 3 N–H and O–H groups in total. The number of benzene rings is 2. The van der Waals surface area contributed by atoms with Crippen LogP contribution in [0.25, 0.3) is 5.69 Å². The number of nitrogens with zero attached hydrogens (tertiary/aromatic N) is 3. The summed E-state index contributed by atoms with van der Waals surface area (Å²) < 4.78 is 68.9. The molecule has 42 heavy (non-hydrogen) atoms. The molecule has 0 radical (unpaired) electrons. The number of ether oxygens (including phenoxy) is 2. The Morgan fingerprint density at radius 3 is 2.60 bits per heavy atom. The number of amides is 1. The highest BCUT2D eigenvalue weighted by Gasteiger charge is 2.35. The van der Waals surface area contributed by atoms with E-state index >= 15 is 0 Å². The number of aromatic nitrogens is 3. The van der Waals surface area contributed by atoms with Crippen LogP contribution in [0.15, 0.2) is 73.2 Å². The summed E-state index contributed by atoms with van der Waals surface area (Å²) in [6.45, 7) is 9.41. The second-order valence-corrected chi connectivity index (χ2v) is 10.4. The van der Waals surface area contributed by atoms with Gasteiger partial charge in [0.05, 0.1) is 22.6 Å². The summed E-state index contributed by atoms with van der Waals surface area (Å²) in [4.78, 5) is 15.5. The van der Waals surface area contributed by atoms with Crippen molar-refractivity contribution >= 4 is 23.2 Å². The fraction of sp³-hybridized carbons (Fsp3) is 0.207.